The minimum absolute atomic E-state index is 0.0560. The standard InChI is InChI=1S/C13H10N2O4/c16-11(7-1-2-7)13-15-14-12(19-13)8-3-4-9-10(5-8)18-6-17-9/h3-5,7H,1-2,6H2. The lowest BCUT2D eigenvalue weighted by Gasteiger charge is -1.97. The molecule has 0 spiro atoms. The molecule has 6 heteroatoms. The van der Waals surface area contributed by atoms with Crippen LogP contribution in [-0.2, 0) is 0 Å². The third-order valence-electron chi connectivity index (χ3n) is 3.20. The van der Waals surface area contributed by atoms with E-state index in [1.165, 1.54) is 0 Å². The van der Waals surface area contributed by atoms with E-state index in [-0.39, 0.29) is 24.4 Å². The van der Waals surface area contributed by atoms with E-state index in [2.05, 4.69) is 10.2 Å². The molecule has 19 heavy (non-hydrogen) atoms. The Balaban J connectivity index is 1.66. The topological polar surface area (TPSA) is 74.5 Å². The lowest BCUT2D eigenvalue weighted by Crippen LogP contribution is -2.01. The molecule has 0 unspecified atom stereocenters. The Morgan fingerprint density at radius 3 is 2.84 bits per heavy atom. The van der Waals surface area contributed by atoms with E-state index in [1.807, 2.05) is 0 Å². The molecule has 1 aliphatic heterocycles. The molecule has 96 valence electrons. The number of carbonyl (C=O) groups is 1. The predicted octanol–water partition coefficient (Wildman–Crippen LogP) is 2.06. The van der Waals surface area contributed by atoms with Gasteiger partial charge in [0.1, 0.15) is 0 Å². The Hall–Kier alpha value is -2.37. The normalized spacial score (nSPS) is 16.6. The van der Waals surface area contributed by atoms with Gasteiger partial charge in [0.15, 0.2) is 11.5 Å². The Morgan fingerprint density at radius 2 is 2.00 bits per heavy atom. The fourth-order valence-corrected chi connectivity index (χ4v) is 1.99. The van der Waals surface area contributed by atoms with Gasteiger partial charge in [-0.1, -0.05) is 0 Å². The van der Waals surface area contributed by atoms with Crippen molar-refractivity contribution >= 4 is 5.78 Å². The van der Waals surface area contributed by atoms with Gasteiger partial charge in [-0.25, -0.2) is 0 Å². The summed E-state index contributed by atoms with van der Waals surface area (Å²) in [5.41, 5.74) is 0.714. The number of ether oxygens (including phenoxy) is 2. The second-order valence-electron chi connectivity index (χ2n) is 4.62. The molecule has 2 heterocycles. The Labute approximate surface area is 108 Å². The van der Waals surface area contributed by atoms with Gasteiger partial charge in [-0.15, -0.1) is 10.2 Å². The van der Waals surface area contributed by atoms with Crippen LogP contribution in [0.5, 0.6) is 11.5 Å². The highest BCUT2D eigenvalue weighted by Gasteiger charge is 2.34. The molecule has 0 amide bonds. The summed E-state index contributed by atoms with van der Waals surface area (Å²) in [4.78, 5) is 11.8. The third-order valence-corrected chi connectivity index (χ3v) is 3.20. The number of rotatable bonds is 3. The van der Waals surface area contributed by atoms with E-state index in [0.29, 0.717) is 23.0 Å². The molecule has 1 fully saturated rings. The molecule has 4 rings (SSSR count). The maximum atomic E-state index is 11.8. The number of aromatic nitrogens is 2. The van der Waals surface area contributed by atoms with Gasteiger partial charge >= 0.3 is 0 Å². The van der Waals surface area contributed by atoms with E-state index < -0.39 is 0 Å². The van der Waals surface area contributed by atoms with Crippen molar-refractivity contribution in [1.29, 1.82) is 0 Å². The van der Waals surface area contributed by atoms with E-state index in [0.717, 1.165) is 12.8 Å². The van der Waals surface area contributed by atoms with Crippen molar-refractivity contribution in [3.8, 4) is 23.0 Å². The molecular formula is C13H10N2O4. The SMILES string of the molecule is O=C(c1nnc(-c2ccc3c(c2)OCO3)o1)C1CC1. The number of carbonyl (C=O) groups excluding carboxylic acids is 1. The smallest absolute Gasteiger partial charge is 0.284 e. The van der Waals surface area contributed by atoms with Crippen molar-refractivity contribution in [2.45, 2.75) is 12.8 Å². The summed E-state index contributed by atoms with van der Waals surface area (Å²) in [7, 11) is 0. The third kappa shape index (κ3) is 1.76. The molecule has 6 nitrogen and oxygen atoms in total. The highest BCUT2D eigenvalue weighted by Crippen LogP contribution is 2.36. The summed E-state index contributed by atoms with van der Waals surface area (Å²) >= 11 is 0. The number of benzene rings is 1. The van der Waals surface area contributed by atoms with E-state index in [9.17, 15) is 4.79 Å². The number of nitrogens with zero attached hydrogens (tertiary/aromatic N) is 2. The number of hydrogen-bond acceptors (Lipinski definition) is 6. The van der Waals surface area contributed by atoms with E-state index in [1.54, 1.807) is 18.2 Å². The van der Waals surface area contributed by atoms with Crippen LogP contribution in [0.1, 0.15) is 23.5 Å². The highest BCUT2D eigenvalue weighted by atomic mass is 16.7. The molecule has 0 atom stereocenters. The first-order chi connectivity index (χ1) is 9.31. The van der Waals surface area contributed by atoms with Crippen molar-refractivity contribution in [2.24, 2.45) is 5.92 Å². The van der Waals surface area contributed by atoms with Crippen molar-refractivity contribution in [1.82, 2.24) is 10.2 Å². The number of hydrogen-bond donors (Lipinski definition) is 0. The zero-order chi connectivity index (χ0) is 12.8. The summed E-state index contributed by atoms with van der Waals surface area (Å²) in [5.74, 6) is 1.77. The van der Waals surface area contributed by atoms with Gasteiger partial charge in [0.2, 0.25) is 18.5 Å². The van der Waals surface area contributed by atoms with Crippen molar-refractivity contribution in [3.05, 3.63) is 24.1 Å². The maximum absolute atomic E-state index is 11.8. The van der Waals surface area contributed by atoms with Crippen LogP contribution in [0.4, 0.5) is 0 Å². The lowest BCUT2D eigenvalue weighted by molar-refractivity contribution is 0.0934. The molecule has 2 aliphatic rings. The van der Waals surface area contributed by atoms with Crippen LogP contribution in [-0.4, -0.2) is 22.8 Å². The summed E-state index contributed by atoms with van der Waals surface area (Å²) < 4.78 is 15.9. The molecule has 2 aromatic rings. The van der Waals surface area contributed by atoms with Crippen LogP contribution < -0.4 is 9.47 Å². The van der Waals surface area contributed by atoms with Crippen molar-refractivity contribution in [2.75, 3.05) is 6.79 Å². The second kappa shape index (κ2) is 3.81. The molecular weight excluding hydrogens is 248 g/mol. The molecule has 1 aromatic heterocycles. The molecule has 0 radical (unpaired) electrons. The molecule has 1 aliphatic carbocycles. The Kier molecular flexibility index (Phi) is 2.11. The first-order valence-corrected chi connectivity index (χ1v) is 6.09. The number of fused-ring (bicyclic) bond motifs is 1. The van der Waals surface area contributed by atoms with Gasteiger partial charge < -0.3 is 13.9 Å². The van der Waals surface area contributed by atoms with Crippen LogP contribution >= 0.6 is 0 Å². The number of Topliss-reactive ketones (excluding diaryl/α,β-unsaturated/α-hetero) is 1. The molecule has 0 saturated heterocycles. The lowest BCUT2D eigenvalue weighted by atomic mass is 10.2. The van der Waals surface area contributed by atoms with Crippen LogP contribution in [0.25, 0.3) is 11.5 Å². The molecule has 0 bridgehead atoms. The monoisotopic (exact) mass is 258 g/mol. The van der Waals surface area contributed by atoms with E-state index in [4.69, 9.17) is 13.9 Å². The average Bonchev–Trinajstić information content (AvgIpc) is 2.99. The first kappa shape index (κ1) is 10.5. The maximum Gasteiger partial charge on any atom is 0.284 e. The summed E-state index contributed by atoms with van der Waals surface area (Å²) in [6.07, 6.45) is 1.83. The quantitative estimate of drug-likeness (QED) is 0.784. The van der Waals surface area contributed by atoms with Gasteiger partial charge in [0.25, 0.3) is 5.89 Å². The van der Waals surface area contributed by atoms with Gasteiger partial charge in [0.05, 0.1) is 0 Å². The molecule has 1 aromatic carbocycles. The van der Waals surface area contributed by atoms with E-state index >= 15 is 0 Å². The van der Waals surface area contributed by atoms with Crippen LogP contribution in [0.3, 0.4) is 0 Å². The predicted molar refractivity (Wildman–Crippen MR) is 62.9 cm³/mol. The van der Waals surface area contributed by atoms with Gasteiger partial charge in [-0.3, -0.25) is 4.79 Å². The van der Waals surface area contributed by atoms with Crippen LogP contribution in [0.2, 0.25) is 0 Å². The zero-order valence-corrected chi connectivity index (χ0v) is 9.96. The molecule has 1 saturated carbocycles. The molecule has 0 N–H and O–H groups in total. The second-order valence-corrected chi connectivity index (χ2v) is 4.62. The average molecular weight is 258 g/mol. The zero-order valence-electron chi connectivity index (χ0n) is 9.96. The highest BCUT2D eigenvalue weighted by molar-refractivity contribution is 5.95. The van der Waals surface area contributed by atoms with Gasteiger partial charge in [-0.2, -0.15) is 0 Å². The van der Waals surface area contributed by atoms with Crippen LogP contribution in [0.15, 0.2) is 22.6 Å². The summed E-state index contributed by atoms with van der Waals surface area (Å²) in [5, 5.41) is 7.72. The Bertz CT molecular complexity index is 660. The van der Waals surface area contributed by atoms with Crippen molar-refractivity contribution in [3.63, 3.8) is 0 Å². The fourth-order valence-electron chi connectivity index (χ4n) is 1.99. The van der Waals surface area contributed by atoms with Gasteiger partial charge in [-0.05, 0) is 31.0 Å². The first-order valence-electron chi connectivity index (χ1n) is 6.09. The minimum Gasteiger partial charge on any atom is -0.454 e. The number of ketones is 1. The van der Waals surface area contributed by atoms with Gasteiger partial charge in [0, 0.05) is 11.5 Å². The Morgan fingerprint density at radius 1 is 1.16 bits per heavy atom. The minimum atomic E-state index is -0.0560. The van der Waals surface area contributed by atoms with Crippen LogP contribution in [0, 0.1) is 5.92 Å². The largest absolute Gasteiger partial charge is 0.454 e. The van der Waals surface area contributed by atoms with Crippen molar-refractivity contribution < 1.29 is 18.7 Å². The summed E-state index contributed by atoms with van der Waals surface area (Å²) in [6, 6.07) is 5.35. The summed E-state index contributed by atoms with van der Waals surface area (Å²) in [6.45, 7) is 0.216. The fraction of sp³-hybridized carbons (Fsp3) is 0.308.